The van der Waals surface area contributed by atoms with Crippen molar-refractivity contribution in [3.05, 3.63) is 64.7 Å². The minimum atomic E-state index is 0.0481. The maximum atomic E-state index is 4.76. The van der Waals surface area contributed by atoms with Crippen LogP contribution in [0.2, 0.25) is 0 Å². The molecule has 0 aliphatic carbocycles. The van der Waals surface area contributed by atoms with Gasteiger partial charge in [-0.1, -0.05) is 39.0 Å². The summed E-state index contributed by atoms with van der Waals surface area (Å²) in [6.07, 6.45) is 6.72. The highest BCUT2D eigenvalue weighted by Gasteiger charge is 2.31. The highest BCUT2D eigenvalue weighted by atomic mass is 15.2. The predicted molar refractivity (Wildman–Crippen MR) is 129 cm³/mol. The number of hydrogen-bond acceptors (Lipinski definition) is 2. The molecule has 2 heteroatoms. The number of aliphatic imine (C=N–C) groups is 1. The summed E-state index contributed by atoms with van der Waals surface area (Å²) < 4.78 is 0. The molecule has 0 bridgehead atoms. The predicted octanol–water partition coefficient (Wildman–Crippen LogP) is 7.67. The Bertz CT molecular complexity index is 916. The van der Waals surface area contributed by atoms with E-state index >= 15 is 0 Å². The van der Waals surface area contributed by atoms with E-state index in [1.807, 2.05) is 6.21 Å². The van der Waals surface area contributed by atoms with Crippen molar-refractivity contribution in [2.45, 2.75) is 72.8 Å². The SMILES string of the molecule is CCCN1c2cc(C)c(C=Nc3ccc(C(C)CC)cc3)cc2C(C)=CC1(C)C. The molecule has 3 rings (SSSR count). The molecule has 0 aromatic heterocycles. The van der Waals surface area contributed by atoms with Crippen LogP contribution in [0, 0.1) is 6.92 Å². The van der Waals surface area contributed by atoms with E-state index < -0.39 is 0 Å². The van der Waals surface area contributed by atoms with Gasteiger partial charge in [-0.05, 0) is 93.0 Å². The Morgan fingerprint density at radius 1 is 1.07 bits per heavy atom. The molecule has 1 heterocycles. The van der Waals surface area contributed by atoms with Gasteiger partial charge in [0.1, 0.15) is 0 Å². The normalized spacial score (nSPS) is 16.7. The lowest BCUT2D eigenvalue weighted by molar-refractivity contribution is 0.550. The molecule has 2 aromatic carbocycles. The van der Waals surface area contributed by atoms with Crippen LogP contribution < -0.4 is 4.90 Å². The fourth-order valence-electron chi connectivity index (χ4n) is 4.28. The van der Waals surface area contributed by atoms with Gasteiger partial charge in [-0.2, -0.15) is 0 Å². The minimum absolute atomic E-state index is 0.0481. The van der Waals surface area contributed by atoms with Crippen LogP contribution in [0.1, 0.15) is 82.6 Å². The van der Waals surface area contributed by atoms with Crippen LogP contribution in [0.25, 0.3) is 5.57 Å². The second-order valence-electron chi connectivity index (χ2n) is 9.02. The first-order chi connectivity index (χ1) is 13.8. The van der Waals surface area contributed by atoms with Gasteiger partial charge >= 0.3 is 0 Å². The van der Waals surface area contributed by atoms with E-state index in [1.54, 1.807) is 0 Å². The fraction of sp³-hybridized carbons (Fsp3) is 0.444. The van der Waals surface area contributed by atoms with Gasteiger partial charge in [-0.25, -0.2) is 0 Å². The van der Waals surface area contributed by atoms with Gasteiger partial charge in [0.05, 0.1) is 11.2 Å². The zero-order valence-electron chi connectivity index (χ0n) is 19.2. The first kappa shape index (κ1) is 21.4. The molecule has 0 spiro atoms. The molecule has 0 N–H and O–H groups in total. The van der Waals surface area contributed by atoms with Gasteiger partial charge in [0, 0.05) is 24.0 Å². The standard InChI is InChI=1S/C27H36N2/c1-8-14-29-26-15-20(4)23(16-25(26)21(5)17-27(29,6)7)18-28-24-12-10-22(11-13-24)19(3)9-2/h10-13,15-19H,8-9,14H2,1-7H3. The Balaban J connectivity index is 1.92. The van der Waals surface area contributed by atoms with Crippen molar-refractivity contribution in [2.24, 2.45) is 4.99 Å². The Morgan fingerprint density at radius 2 is 1.76 bits per heavy atom. The number of allylic oxidation sites excluding steroid dienone is 1. The van der Waals surface area contributed by atoms with Crippen molar-refractivity contribution in [3.8, 4) is 0 Å². The number of hydrogen-bond donors (Lipinski definition) is 0. The van der Waals surface area contributed by atoms with Crippen LogP contribution >= 0.6 is 0 Å². The molecule has 0 fully saturated rings. The molecule has 154 valence electrons. The molecule has 0 saturated carbocycles. The zero-order valence-corrected chi connectivity index (χ0v) is 19.2. The molecule has 2 nitrogen and oxygen atoms in total. The van der Waals surface area contributed by atoms with Crippen molar-refractivity contribution in [3.63, 3.8) is 0 Å². The summed E-state index contributed by atoms with van der Waals surface area (Å²) in [5.74, 6) is 0.598. The first-order valence-corrected chi connectivity index (χ1v) is 11.0. The van der Waals surface area contributed by atoms with Crippen molar-refractivity contribution in [1.82, 2.24) is 0 Å². The summed E-state index contributed by atoms with van der Waals surface area (Å²) in [6.45, 7) is 16.9. The lowest BCUT2D eigenvalue weighted by atomic mass is 9.87. The lowest BCUT2D eigenvalue weighted by Gasteiger charge is -2.43. The number of anilines is 1. The van der Waals surface area contributed by atoms with E-state index in [0.717, 1.165) is 25.1 Å². The molecule has 0 amide bonds. The van der Waals surface area contributed by atoms with E-state index in [2.05, 4.69) is 95.8 Å². The quantitative estimate of drug-likeness (QED) is 0.463. The third-order valence-corrected chi connectivity index (χ3v) is 6.24. The maximum absolute atomic E-state index is 4.76. The molecule has 0 radical (unpaired) electrons. The summed E-state index contributed by atoms with van der Waals surface area (Å²) in [6, 6.07) is 13.3. The highest BCUT2D eigenvalue weighted by Crippen LogP contribution is 2.40. The molecule has 1 atom stereocenters. The van der Waals surface area contributed by atoms with Crippen LogP contribution in [0.5, 0.6) is 0 Å². The van der Waals surface area contributed by atoms with Crippen LogP contribution in [-0.4, -0.2) is 18.3 Å². The number of fused-ring (bicyclic) bond motifs is 1. The molecular formula is C27H36N2. The number of nitrogens with zero attached hydrogens (tertiary/aromatic N) is 2. The molecule has 1 aliphatic rings. The molecular weight excluding hydrogens is 352 g/mol. The van der Waals surface area contributed by atoms with Crippen LogP contribution in [0.4, 0.5) is 11.4 Å². The molecule has 2 aromatic rings. The Kier molecular flexibility index (Phi) is 6.31. The molecule has 0 saturated heterocycles. The van der Waals surface area contributed by atoms with Crippen LogP contribution in [0.15, 0.2) is 47.5 Å². The van der Waals surface area contributed by atoms with Crippen LogP contribution in [-0.2, 0) is 0 Å². The van der Waals surface area contributed by atoms with Crippen molar-refractivity contribution >= 4 is 23.2 Å². The summed E-state index contributed by atoms with van der Waals surface area (Å²) in [5, 5.41) is 0. The van der Waals surface area contributed by atoms with E-state index in [0.29, 0.717) is 5.92 Å². The van der Waals surface area contributed by atoms with E-state index in [9.17, 15) is 0 Å². The highest BCUT2D eigenvalue weighted by molar-refractivity contribution is 5.90. The van der Waals surface area contributed by atoms with Crippen molar-refractivity contribution in [1.29, 1.82) is 0 Å². The molecule has 29 heavy (non-hydrogen) atoms. The topological polar surface area (TPSA) is 15.6 Å². The van der Waals surface area contributed by atoms with Gasteiger partial charge in [-0.15, -0.1) is 0 Å². The Labute approximate surface area is 177 Å². The van der Waals surface area contributed by atoms with E-state index in [4.69, 9.17) is 4.99 Å². The van der Waals surface area contributed by atoms with Crippen molar-refractivity contribution < 1.29 is 0 Å². The summed E-state index contributed by atoms with van der Waals surface area (Å²) >= 11 is 0. The largest absolute Gasteiger partial charge is 0.362 e. The Hall–Kier alpha value is -2.35. The van der Waals surface area contributed by atoms with Crippen molar-refractivity contribution in [2.75, 3.05) is 11.4 Å². The summed E-state index contributed by atoms with van der Waals surface area (Å²) in [7, 11) is 0. The van der Waals surface area contributed by atoms with Gasteiger partial charge in [0.25, 0.3) is 0 Å². The minimum Gasteiger partial charge on any atom is -0.362 e. The Morgan fingerprint density at radius 3 is 2.38 bits per heavy atom. The fourth-order valence-corrected chi connectivity index (χ4v) is 4.28. The summed E-state index contributed by atoms with van der Waals surface area (Å²) in [4.78, 5) is 7.30. The third-order valence-electron chi connectivity index (χ3n) is 6.24. The average Bonchev–Trinajstić information content (AvgIpc) is 2.69. The van der Waals surface area contributed by atoms with Gasteiger partial charge < -0.3 is 4.90 Å². The second kappa shape index (κ2) is 8.57. The number of rotatable bonds is 6. The maximum Gasteiger partial charge on any atom is 0.0630 e. The second-order valence-corrected chi connectivity index (χ2v) is 9.02. The van der Waals surface area contributed by atoms with E-state index in [-0.39, 0.29) is 5.54 Å². The first-order valence-electron chi connectivity index (χ1n) is 11.0. The number of benzene rings is 2. The monoisotopic (exact) mass is 388 g/mol. The van der Waals surface area contributed by atoms with Gasteiger partial charge in [0.2, 0.25) is 0 Å². The van der Waals surface area contributed by atoms with Gasteiger partial charge in [-0.3, -0.25) is 4.99 Å². The zero-order chi connectivity index (χ0) is 21.2. The smallest absolute Gasteiger partial charge is 0.0630 e. The van der Waals surface area contributed by atoms with Gasteiger partial charge in [0.15, 0.2) is 0 Å². The molecule has 1 aliphatic heterocycles. The van der Waals surface area contributed by atoms with E-state index in [1.165, 1.54) is 33.5 Å². The summed E-state index contributed by atoms with van der Waals surface area (Å²) in [5.41, 5.74) is 8.94. The lowest BCUT2D eigenvalue weighted by Crippen LogP contribution is -2.45. The average molecular weight is 389 g/mol. The number of aryl methyl sites for hydroxylation is 1. The van der Waals surface area contributed by atoms with Crippen LogP contribution in [0.3, 0.4) is 0 Å². The third kappa shape index (κ3) is 4.47. The molecule has 1 unspecified atom stereocenters.